The van der Waals surface area contributed by atoms with Crippen LogP contribution in [0.2, 0.25) is 0 Å². The Morgan fingerprint density at radius 1 is 1.39 bits per heavy atom. The quantitative estimate of drug-likeness (QED) is 0.662. The Kier molecular flexibility index (Phi) is 3.00. The first-order chi connectivity index (χ1) is 8.54. The molecule has 2 N–H and O–H groups in total. The normalized spacial score (nSPS) is 10.0. The van der Waals surface area contributed by atoms with Gasteiger partial charge in [0.15, 0.2) is 0 Å². The molecule has 0 amide bonds. The molecule has 18 heavy (non-hydrogen) atoms. The minimum Gasteiger partial charge on any atom is -0.397 e. The van der Waals surface area contributed by atoms with Crippen molar-refractivity contribution in [3.05, 3.63) is 44.8 Å². The molecule has 0 saturated heterocycles. The second-order valence-corrected chi connectivity index (χ2v) is 4.74. The lowest BCUT2D eigenvalue weighted by Gasteiger charge is -1.99. The lowest BCUT2D eigenvalue weighted by atomic mass is 10.1. The highest BCUT2D eigenvalue weighted by Crippen LogP contribution is 2.37. The number of nitro groups is 1. The summed E-state index contributed by atoms with van der Waals surface area (Å²) in [6.45, 7) is 1.84. The van der Waals surface area contributed by atoms with E-state index >= 15 is 0 Å². The van der Waals surface area contributed by atoms with Crippen molar-refractivity contribution in [1.29, 1.82) is 5.26 Å². The second kappa shape index (κ2) is 4.47. The molecule has 0 aliphatic rings. The van der Waals surface area contributed by atoms with Crippen molar-refractivity contribution in [3.63, 3.8) is 0 Å². The molecule has 2 rings (SSSR count). The van der Waals surface area contributed by atoms with Crippen LogP contribution < -0.4 is 5.73 Å². The fourth-order valence-electron chi connectivity index (χ4n) is 1.62. The van der Waals surface area contributed by atoms with Gasteiger partial charge in [-0.2, -0.15) is 5.26 Å². The van der Waals surface area contributed by atoms with Crippen LogP contribution in [0.3, 0.4) is 0 Å². The van der Waals surface area contributed by atoms with Gasteiger partial charge in [0.25, 0.3) is 5.69 Å². The number of nitrogens with two attached hydrogens (primary N) is 1. The van der Waals surface area contributed by atoms with Crippen molar-refractivity contribution in [1.82, 2.24) is 0 Å². The van der Waals surface area contributed by atoms with Crippen LogP contribution in [0.1, 0.15) is 10.4 Å². The van der Waals surface area contributed by atoms with Crippen LogP contribution in [0.5, 0.6) is 0 Å². The molecule has 0 fully saturated rings. The number of benzene rings is 1. The number of nitro benzene ring substituents is 1. The molecule has 1 heterocycles. The van der Waals surface area contributed by atoms with E-state index in [4.69, 9.17) is 11.0 Å². The molecule has 2 aromatic rings. The molecular weight excluding hydrogens is 250 g/mol. The van der Waals surface area contributed by atoms with E-state index in [-0.39, 0.29) is 5.69 Å². The number of nitriles is 1. The number of rotatable bonds is 2. The lowest BCUT2D eigenvalue weighted by molar-refractivity contribution is -0.384. The van der Waals surface area contributed by atoms with E-state index < -0.39 is 4.92 Å². The molecule has 90 valence electrons. The number of non-ortho nitro benzene ring substituents is 1. The van der Waals surface area contributed by atoms with Gasteiger partial charge in [0.05, 0.1) is 10.6 Å². The standard InChI is InChI=1S/C12H9N3O2S/c1-7-11(14)10(6-13)18-12(7)8-2-4-9(5-3-8)15(16)17/h2-5H,14H2,1H3. The van der Waals surface area contributed by atoms with Crippen molar-refractivity contribution >= 4 is 22.7 Å². The maximum atomic E-state index is 10.6. The largest absolute Gasteiger partial charge is 0.397 e. The molecule has 0 unspecified atom stereocenters. The summed E-state index contributed by atoms with van der Waals surface area (Å²) in [7, 11) is 0. The Bertz CT molecular complexity index is 653. The van der Waals surface area contributed by atoms with Crippen LogP contribution >= 0.6 is 11.3 Å². The van der Waals surface area contributed by atoms with E-state index in [1.807, 2.05) is 13.0 Å². The molecule has 0 bridgehead atoms. The highest BCUT2D eigenvalue weighted by molar-refractivity contribution is 7.16. The number of hydrogen-bond acceptors (Lipinski definition) is 5. The van der Waals surface area contributed by atoms with E-state index in [1.165, 1.54) is 23.5 Å². The maximum absolute atomic E-state index is 10.6. The third-order valence-electron chi connectivity index (χ3n) is 2.64. The van der Waals surface area contributed by atoms with Gasteiger partial charge < -0.3 is 5.73 Å². The molecule has 0 atom stereocenters. The van der Waals surface area contributed by atoms with Gasteiger partial charge in [-0.25, -0.2) is 0 Å². The van der Waals surface area contributed by atoms with E-state index in [1.54, 1.807) is 12.1 Å². The molecule has 0 saturated carbocycles. The summed E-state index contributed by atoms with van der Waals surface area (Å²) in [4.78, 5) is 11.5. The van der Waals surface area contributed by atoms with Crippen molar-refractivity contribution in [2.45, 2.75) is 6.92 Å². The zero-order chi connectivity index (χ0) is 13.3. The Labute approximate surface area is 107 Å². The van der Waals surface area contributed by atoms with Crippen LogP contribution in [0, 0.1) is 28.4 Å². The van der Waals surface area contributed by atoms with Gasteiger partial charge in [-0.3, -0.25) is 10.1 Å². The Morgan fingerprint density at radius 3 is 2.44 bits per heavy atom. The molecule has 0 aliphatic carbocycles. The smallest absolute Gasteiger partial charge is 0.269 e. The SMILES string of the molecule is Cc1c(-c2ccc([N+](=O)[O-])cc2)sc(C#N)c1N. The van der Waals surface area contributed by atoms with Crippen molar-refractivity contribution in [2.75, 3.05) is 5.73 Å². The summed E-state index contributed by atoms with van der Waals surface area (Å²) in [6, 6.07) is 8.25. The van der Waals surface area contributed by atoms with Gasteiger partial charge in [0.1, 0.15) is 10.9 Å². The summed E-state index contributed by atoms with van der Waals surface area (Å²) < 4.78 is 0. The van der Waals surface area contributed by atoms with Gasteiger partial charge >= 0.3 is 0 Å². The Balaban J connectivity index is 2.50. The van der Waals surface area contributed by atoms with Crippen LogP contribution in [0.25, 0.3) is 10.4 Å². The first kappa shape index (κ1) is 12.1. The summed E-state index contributed by atoms with van der Waals surface area (Å²) in [5, 5.41) is 19.5. The first-order valence-electron chi connectivity index (χ1n) is 5.08. The number of hydrogen-bond donors (Lipinski definition) is 1. The van der Waals surface area contributed by atoms with Crippen LogP contribution in [0.4, 0.5) is 11.4 Å². The van der Waals surface area contributed by atoms with Gasteiger partial charge in [0, 0.05) is 17.0 Å². The fourth-order valence-corrected chi connectivity index (χ4v) is 2.65. The van der Waals surface area contributed by atoms with Crippen LogP contribution in [-0.4, -0.2) is 4.92 Å². The molecule has 0 radical (unpaired) electrons. The summed E-state index contributed by atoms with van der Waals surface area (Å²) in [5.74, 6) is 0. The highest BCUT2D eigenvalue weighted by atomic mass is 32.1. The Hall–Kier alpha value is -2.39. The minimum absolute atomic E-state index is 0.0430. The molecule has 6 heteroatoms. The van der Waals surface area contributed by atoms with Crippen molar-refractivity contribution < 1.29 is 4.92 Å². The van der Waals surface area contributed by atoms with Gasteiger partial charge in [-0.1, -0.05) is 0 Å². The third-order valence-corrected chi connectivity index (χ3v) is 3.90. The first-order valence-corrected chi connectivity index (χ1v) is 5.90. The highest BCUT2D eigenvalue weighted by Gasteiger charge is 2.14. The predicted octanol–water partition coefficient (Wildman–Crippen LogP) is 3.09. The second-order valence-electron chi connectivity index (χ2n) is 3.71. The van der Waals surface area contributed by atoms with Gasteiger partial charge in [0.2, 0.25) is 0 Å². The molecule has 0 spiro atoms. The van der Waals surface area contributed by atoms with Crippen molar-refractivity contribution in [2.24, 2.45) is 0 Å². The van der Waals surface area contributed by atoms with E-state index in [9.17, 15) is 10.1 Å². The number of nitrogen functional groups attached to an aromatic ring is 1. The fraction of sp³-hybridized carbons (Fsp3) is 0.0833. The topological polar surface area (TPSA) is 93.0 Å². The minimum atomic E-state index is -0.444. The zero-order valence-electron chi connectivity index (χ0n) is 9.51. The predicted molar refractivity (Wildman–Crippen MR) is 70.3 cm³/mol. The summed E-state index contributed by atoms with van der Waals surface area (Å²) >= 11 is 1.30. The zero-order valence-corrected chi connectivity index (χ0v) is 10.3. The Morgan fingerprint density at radius 2 is 2.00 bits per heavy atom. The summed E-state index contributed by atoms with van der Waals surface area (Å²) in [5.41, 5.74) is 8.00. The maximum Gasteiger partial charge on any atom is 0.269 e. The number of nitrogens with zero attached hydrogens (tertiary/aromatic N) is 2. The van der Waals surface area contributed by atoms with E-state index in [0.717, 1.165) is 16.0 Å². The van der Waals surface area contributed by atoms with Gasteiger partial charge in [-0.05, 0) is 30.2 Å². The molecule has 0 aliphatic heterocycles. The third kappa shape index (κ3) is 1.92. The average molecular weight is 259 g/mol. The van der Waals surface area contributed by atoms with E-state index in [2.05, 4.69) is 0 Å². The van der Waals surface area contributed by atoms with Crippen molar-refractivity contribution in [3.8, 4) is 16.5 Å². The van der Waals surface area contributed by atoms with Crippen LogP contribution in [0.15, 0.2) is 24.3 Å². The van der Waals surface area contributed by atoms with Gasteiger partial charge in [-0.15, -0.1) is 11.3 Å². The summed E-state index contributed by atoms with van der Waals surface area (Å²) in [6.07, 6.45) is 0. The number of anilines is 1. The lowest BCUT2D eigenvalue weighted by Crippen LogP contribution is -1.88. The monoisotopic (exact) mass is 259 g/mol. The molecule has 1 aromatic carbocycles. The van der Waals surface area contributed by atoms with E-state index in [0.29, 0.717) is 10.6 Å². The number of thiophene rings is 1. The molecule has 5 nitrogen and oxygen atoms in total. The molecular formula is C12H9N3O2S. The van der Waals surface area contributed by atoms with Crippen LogP contribution in [-0.2, 0) is 0 Å². The molecule has 1 aromatic heterocycles. The average Bonchev–Trinajstić information content (AvgIpc) is 2.66.